The fraction of sp³-hybridized carbons (Fsp3) is 0.385. The van der Waals surface area contributed by atoms with E-state index < -0.39 is 0 Å². The Morgan fingerprint density at radius 2 is 2.35 bits per heavy atom. The number of nitrogens with one attached hydrogen (secondary N) is 1. The van der Waals surface area contributed by atoms with Gasteiger partial charge in [0, 0.05) is 24.6 Å². The lowest BCUT2D eigenvalue weighted by Gasteiger charge is -2.13. The van der Waals surface area contributed by atoms with Crippen LogP contribution in [0.15, 0.2) is 37.1 Å². The largest absolute Gasteiger partial charge is 0.329 e. The Balaban J connectivity index is 1.81. The second-order valence-electron chi connectivity index (χ2n) is 4.46. The summed E-state index contributed by atoms with van der Waals surface area (Å²) in [6.07, 6.45) is 10.0. The molecule has 0 radical (unpaired) electrons. The van der Waals surface area contributed by atoms with Crippen molar-refractivity contribution >= 4 is 0 Å². The Morgan fingerprint density at radius 1 is 1.35 bits per heavy atom. The summed E-state index contributed by atoms with van der Waals surface area (Å²) < 4.78 is 2.21. The lowest BCUT2D eigenvalue weighted by Crippen LogP contribution is -2.17. The Hall–Kier alpha value is -1.68. The van der Waals surface area contributed by atoms with Crippen LogP contribution in [-0.2, 0) is 6.54 Å². The van der Waals surface area contributed by atoms with Crippen molar-refractivity contribution in [3.63, 3.8) is 0 Å². The van der Waals surface area contributed by atoms with E-state index in [0.29, 0.717) is 6.04 Å². The minimum atomic E-state index is 0.467. The van der Waals surface area contributed by atoms with E-state index in [1.165, 1.54) is 24.1 Å². The van der Waals surface area contributed by atoms with E-state index in [2.05, 4.69) is 25.9 Å². The molecule has 0 bridgehead atoms. The van der Waals surface area contributed by atoms with Crippen molar-refractivity contribution in [2.45, 2.75) is 25.4 Å². The Kier molecular flexibility index (Phi) is 2.88. The molecule has 1 saturated heterocycles. The molecule has 3 rings (SSSR count). The van der Waals surface area contributed by atoms with Crippen LogP contribution in [0, 0.1) is 0 Å². The van der Waals surface area contributed by atoms with Crippen LogP contribution in [0.3, 0.4) is 0 Å². The predicted molar refractivity (Wildman–Crippen MR) is 65.5 cm³/mol. The number of nitrogens with zero attached hydrogens (tertiary/aromatic N) is 3. The highest BCUT2D eigenvalue weighted by molar-refractivity contribution is 5.13. The fourth-order valence-corrected chi connectivity index (χ4v) is 2.38. The van der Waals surface area contributed by atoms with E-state index in [4.69, 9.17) is 0 Å². The molecule has 1 aliphatic heterocycles. The van der Waals surface area contributed by atoms with Crippen molar-refractivity contribution in [3.8, 4) is 0 Å². The van der Waals surface area contributed by atoms with Gasteiger partial charge in [0.2, 0.25) is 0 Å². The van der Waals surface area contributed by atoms with Crippen molar-refractivity contribution < 1.29 is 0 Å². The van der Waals surface area contributed by atoms with Gasteiger partial charge in [-0.25, -0.2) is 4.98 Å². The third-order valence-electron chi connectivity index (χ3n) is 3.24. The number of aromatic nitrogens is 3. The van der Waals surface area contributed by atoms with Crippen LogP contribution >= 0.6 is 0 Å². The van der Waals surface area contributed by atoms with Crippen LogP contribution in [0.4, 0.5) is 0 Å². The maximum absolute atomic E-state index is 4.27. The molecule has 17 heavy (non-hydrogen) atoms. The maximum atomic E-state index is 4.27. The molecule has 4 nitrogen and oxygen atoms in total. The highest BCUT2D eigenvalue weighted by Crippen LogP contribution is 2.22. The van der Waals surface area contributed by atoms with E-state index in [0.717, 1.165) is 13.1 Å². The third kappa shape index (κ3) is 2.22. The Morgan fingerprint density at radius 3 is 3.12 bits per heavy atom. The maximum Gasteiger partial charge on any atom is 0.0951 e. The van der Waals surface area contributed by atoms with Crippen molar-refractivity contribution in [1.82, 2.24) is 19.9 Å². The molecule has 0 aromatic carbocycles. The van der Waals surface area contributed by atoms with Gasteiger partial charge in [-0.2, -0.15) is 0 Å². The molecule has 88 valence electrons. The van der Waals surface area contributed by atoms with Gasteiger partial charge in [0.1, 0.15) is 0 Å². The smallest absolute Gasteiger partial charge is 0.0951 e. The van der Waals surface area contributed by atoms with Gasteiger partial charge in [-0.3, -0.25) is 4.98 Å². The quantitative estimate of drug-likeness (QED) is 0.870. The molecular formula is C13H16N4. The second-order valence-corrected chi connectivity index (χ2v) is 4.46. The molecule has 0 aliphatic carbocycles. The van der Waals surface area contributed by atoms with Gasteiger partial charge < -0.3 is 9.88 Å². The number of hydrogen-bond donors (Lipinski definition) is 1. The normalized spacial score (nSPS) is 19.6. The van der Waals surface area contributed by atoms with Gasteiger partial charge in [-0.05, 0) is 31.0 Å². The van der Waals surface area contributed by atoms with Crippen LogP contribution in [0.25, 0.3) is 0 Å². The van der Waals surface area contributed by atoms with E-state index in [1.54, 1.807) is 6.20 Å². The molecule has 1 atom stereocenters. The van der Waals surface area contributed by atoms with E-state index in [-0.39, 0.29) is 0 Å². The van der Waals surface area contributed by atoms with Crippen molar-refractivity contribution in [2.24, 2.45) is 0 Å². The van der Waals surface area contributed by atoms with Crippen LogP contribution in [0.1, 0.15) is 30.1 Å². The fourth-order valence-electron chi connectivity index (χ4n) is 2.38. The summed E-state index contributed by atoms with van der Waals surface area (Å²) in [7, 11) is 0. The summed E-state index contributed by atoms with van der Waals surface area (Å²) >= 11 is 0. The molecule has 2 aromatic heterocycles. The zero-order valence-corrected chi connectivity index (χ0v) is 9.71. The van der Waals surface area contributed by atoms with Gasteiger partial charge in [0.25, 0.3) is 0 Å². The first-order valence-electron chi connectivity index (χ1n) is 6.06. The standard InChI is InChI=1S/C13H16N4/c1-3-11(7-14-5-1)9-17-10-15-8-13(17)12-4-2-6-16-12/h1,3,5,7-8,10,12,16H,2,4,6,9H2. The molecule has 3 heterocycles. The van der Waals surface area contributed by atoms with Gasteiger partial charge in [0.05, 0.1) is 18.6 Å². The Labute approximate surface area is 101 Å². The lowest BCUT2D eigenvalue weighted by atomic mass is 10.1. The highest BCUT2D eigenvalue weighted by atomic mass is 15.1. The zero-order valence-electron chi connectivity index (χ0n) is 9.71. The molecule has 1 aliphatic rings. The average molecular weight is 228 g/mol. The van der Waals surface area contributed by atoms with Crippen LogP contribution in [-0.4, -0.2) is 21.1 Å². The van der Waals surface area contributed by atoms with Crippen LogP contribution in [0.2, 0.25) is 0 Å². The first-order chi connectivity index (χ1) is 8.43. The van der Waals surface area contributed by atoms with Crippen molar-refractivity contribution in [1.29, 1.82) is 0 Å². The van der Waals surface area contributed by atoms with Gasteiger partial charge in [0.15, 0.2) is 0 Å². The monoisotopic (exact) mass is 228 g/mol. The predicted octanol–water partition coefficient (Wildman–Crippen LogP) is 1.75. The first kappa shape index (κ1) is 10.5. The summed E-state index contributed by atoms with van der Waals surface area (Å²) in [6.45, 7) is 1.96. The lowest BCUT2D eigenvalue weighted by molar-refractivity contribution is 0.584. The van der Waals surface area contributed by atoms with Crippen molar-refractivity contribution in [2.75, 3.05) is 6.54 Å². The molecular weight excluding hydrogens is 212 g/mol. The summed E-state index contributed by atoms with van der Waals surface area (Å²) in [4.78, 5) is 8.41. The van der Waals surface area contributed by atoms with E-state index in [9.17, 15) is 0 Å². The van der Waals surface area contributed by atoms with Gasteiger partial charge in [-0.1, -0.05) is 6.07 Å². The minimum absolute atomic E-state index is 0.467. The summed E-state index contributed by atoms with van der Waals surface area (Å²) in [5.41, 5.74) is 2.50. The summed E-state index contributed by atoms with van der Waals surface area (Å²) in [6, 6.07) is 4.53. The number of imidazole rings is 1. The van der Waals surface area contributed by atoms with E-state index in [1.807, 2.05) is 24.8 Å². The van der Waals surface area contributed by atoms with Gasteiger partial charge >= 0.3 is 0 Å². The average Bonchev–Trinajstić information content (AvgIpc) is 3.00. The number of pyridine rings is 1. The highest BCUT2D eigenvalue weighted by Gasteiger charge is 2.19. The zero-order chi connectivity index (χ0) is 11.5. The number of rotatable bonds is 3. The molecule has 1 unspecified atom stereocenters. The van der Waals surface area contributed by atoms with Gasteiger partial charge in [-0.15, -0.1) is 0 Å². The SMILES string of the molecule is c1cncc(Cn2cncc2C2CCCN2)c1. The molecule has 0 spiro atoms. The van der Waals surface area contributed by atoms with Crippen molar-refractivity contribution in [3.05, 3.63) is 48.3 Å². The number of hydrogen-bond acceptors (Lipinski definition) is 3. The van der Waals surface area contributed by atoms with Crippen LogP contribution in [0.5, 0.6) is 0 Å². The molecule has 0 amide bonds. The summed E-state index contributed by atoms with van der Waals surface area (Å²) in [5, 5.41) is 3.51. The first-order valence-corrected chi connectivity index (χ1v) is 6.06. The Bertz CT molecular complexity index is 471. The topological polar surface area (TPSA) is 42.7 Å². The molecule has 2 aromatic rings. The minimum Gasteiger partial charge on any atom is -0.329 e. The molecule has 4 heteroatoms. The summed E-state index contributed by atoms with van der Waals surface area (Å²) in [5.74, 6) is 0. The second kappa shape index (κ2) is 4.67. The molecule has 1 N–H and O–H groups in total. The molecule has 0 saturated carbocycles. The molecule has 1 fully saturated rings. The van der Waals surface area contributed by atoms with Crippen LogP contribution < -0.4 is 5.32 Å². The third-order valence-corrected chi connectivity index (χ3v) is 3.24. The van der Waals surface area contributed by atoms with E-state index >= 15 is 0 Å².